The third-order valence-corrected chi connectivity index (χ3v) is 3.12. The van der Waals surface area contributed by atoms with E-state index in [0.717, 1.165) is 5.92 Å². The monoisotopic (exact) mass is 175 g/mol. The molecule has 0 heterocycles. The minimum atomic E-state index is 0.710. The van der Waals surface area contributed by atoms with Gasteiger partial charge in [0.1, 0.15) is 0 Å². The van der Waals surface area contributed by atoms with Gasteiger partial charge in [0.05, 0.1) is 0 Å². The van der Waals surface area contributed by atoms with Crippen molar-refractivity contribution in [3.8, 4) is 0 Å². The van der Waals surface area contributed by atoms with Gasteiger partial charge in [-0.15, -0.1) is 0 Å². The predicted octanol–water partition coefficient (Wildman–Crippen LogP) is 2.46. The molecule has 1 saturated carbocycles. The number of hydrogen-bond acceptors (Lipinski definition) is 1. The molecule has 0 amide bonds. The fourth-order valence-corrected chi connectivity index (χ4v) is 2.15. The summed E-state index contributed by atoms with van der Waals surface area (Å²) in [4.78, 5) is 0. The second-order valence-electron chi connectivity index (χ2n) is 3.99. The van der Waals surface area contributed by atoms with Crippen LogP contribution in [0, 0.1) is 6.92 Å². The Kier molecular flexibility index (Phi) is 2.36. The van der Waals surface area contributed by atoms with E-state index in [1.165, 1.54) is 24.0 Å². The van der Waals surface area contributed by atoms with Gasteiger partial charge in [0, 0.05) is 6.04 Å². The van der Waals surface area contributed by atoms with E-state index in [1.807, 2.05) is 0 Å². The SMILES string of the molecule is CNC1CCC1c1cccc(C)c1. The number of rotatable bonds is 2. The molecule has 0 aliphatic heterocycles. The highest BCUT2D eigenvalue weighted by molar-refractivity contribution is 5.28. The van der Waals surface area contributed by atoms with Crippen LogP contribution in [0.5, 0.6) is 0 Å². The molecule has 0 saturated heterocycles. The number of likely N-dealkylation sites (N-methyl/N-ethyl adjacent to an activating group) is 1. The molecule has 13 heavy (non-hydrogen) atoms. The molecule has 1 heteroatoms. The Bertz CT molecular complexity index is 291. The van der Waals surface area contributed by atoms with Gasteiger partial charge < -0.3 is 5.32 Å². The largest absolute Gasteiger partial charge is 0.316 e. The molecule has 0 bridgehead atoms. The van der Waals surface area contributed by atoms with E-state index in [2.05, 4.69) is 43.6 Å². The maximum Gasteiger partial charge on any atom is 0.0133 e. The van der Waals surface area contributed by atoms with Gasteiger partial charge in [-0.05, 0) is 38.3 Å². The fourth-order valence-electron chi connectivity index (χ4n) is 2.15. The normalized spacial score (nSPS) is 26.9. The second kappa shape index (κ2) is 3.51. The molecule has 1 aliphatic carbocycles. The molecule has 1 N–H and O–H groups in total. The molecule has 2 unspecified atom stereocenters. The summed E-state index contributed by atoms with van der Waals surface area (Å²) in [5.41, 5.74) is 2.88. The molecule has 1 aromatic rings. The number of aryl methyl sites for hydroxylation is 1. The average molecular weight is 175 g/mol. The molecule has 1 nitrogen and oxygen atoms in total. The first-order valence-electron chi connectivity index (χ1n) is 5.05. The van der Waals surface area contributed by atoms with Crippen molar-refractivity contribution in [3.05, 3.63) is 35.4 Å². The molecule has 2 atom stereocenters. The van der Waals surface area contributed by atoms with Crippen LogP contribution >= 0.6 is 0 Å². The van der Waals surface area contributed by atoms with Gasteiger partial charge in [0.25, 0.3) is 0 Å². The lowest BCUT2D eigenvalue weighted by atomic mass is 9.75. The Morgan fingerprint density at radius 3 is 2.69 bits per heavy atom. The number of hydrogen-bond donors (Lipinski definition) is 1. The van der Waals surface area contributed by atoms with Crippen LogP contribution in [0.1, 0.15) is 29.9 Å². The van der Waals surface area contributed by atoms with E-state index in [4.69, 9.17) is 0 Å². The Balaban J connectivity index is 2.16. The highest BCUT2D eigenvalue weighted by atomic mass is 14.9. The van der Waals surface area contributed by atoms with Crippen molar-refractivity contribution >= 4 is 0 Å². The van der Waals surface area contributed by atoms with Crippen LogP contribution in [0.25, 0.3) is 0 Å². The van der Waals surface area contributed by atoms with E-state index in [0.29, 0.717) is 6.04 Å². The van der Waals surface area contributed by atoms with Crippen molar-refractivity contribution < 1.29 is 0 Å². The zero-order valence-electron chi connectivity index (χ0n) is 8.38. The topological polar surface area (TPSA) is 12.0 Å². The van der Waals surface area contributed by atoms with Crippen LogP contribution in [0.2, 0.25) is 0 Å². The molecule has 1 aliphatic rings. The molecule has 70 valence electrons. The molecule has 1 fully saturated rings. The van der Waals surface area contributed by atoms with Crippen molar-refractivity contribution in [2.45, 2.75) is 31.7 Å². The van der Waals surface area contributed by atoms with E-state index in [1.54, 1.807) is 0 Å². The first-order chi connectivity index (χ1) is 6.31. The van der Waals surface area contributed by atoms with Gasteiger partial charge in [0.15, 0.2) is 0 Å². The number of nitrogens with one attached hydrogen (secondary N) is 1. The average Bonchev–Trinajstić information content (AvgIpc) is 2.03. The van der Waals surface area contributed by atoms with Crippen LogP contribution < -0.4 is 5.32 Å². The highest BCUT2D eigenvalue weighted by Crippen LogP contribution is 2.36. The quantitative estimate of drug-likeness (QED) is 0.728. The predicted molar refractivity (Wildman–Crippen MR) is 56.0 cm³/mol. The Hall–Kier alpha value is -0.820. The summed E-state index contributed by atoms with van der Waals surface area (Å²) < 4.78 is 0. The molecule has 0 radical (unpaired) electrons. The van der Waals surface area contributed by atoms with Crippen LogP contribution in [0.15, 0.2) is 24.3 Å². The Morgan fingerprint density at radius 1 is 1.31 bits per heavy atom. The molecule has 1 aromatic carbocycles. The van der Waals surface area contributed by atoms with Crippen molar-refractivity contribution in [1.82, 2.24) is 5.32 Å². The van der Waals surface area contributed by atoms with Gasteiger partial charge in [-0.3, -0.25) is 0 Å². The zero-order valence-corrected chi connectivity index (χ0v) is 8.38. The molecule has 0 aromatic heterocycles. The van der Waals surface area contributed by atoms with E-state index >= 15 is 0 Å². The summed E-state index contributed by atoms with van der Waals surface area (Å²) in [6.45, 7) is 2.16. The van der Waals surface area contributed by atoms with Gasteiger partial charge in [-0.2, -0.15) is 0 Å². The van der Waals surface area contributed by atoms with Crippen molar-refractivity contribution in [3.63, 3.8) is 0 Å². The molecule has 2 rings (SSSR count). The second-order valence-corrected chi connectivity index (χ2v) is 3.99. The summed E-state index contributed by atoms with van der Waals surface area (Å²) in [6.07, 6.45) is 2.67. The van der Waals surface area contributed by atoms with E-state index in [-0.39, 0.29) is 0 Å². The Morgan fingerprint density at radius 2 is 2.15 bits per heavy atom. The molecular weight excluding hydrogens is 158 g/mol. The first-order valence-corrected chi connectivity index (χ1v) is 5.05. The summed E-state index contributed by atoms with van der Waals surface area (Å²) in [7, 11) is 2.06. The van der Waals surface area contributed by atoms with Gasteiger partial charge in [-0.25, -0.2) is 0 Å². The van der Waals surface area contributed by atoms with E-state index in [9.17, 15) is 0 Å². The summed E-state index contributed by atoms with van der Waals surface area (Å²) in [6, 6.07) is 9.60. The smallest absolute Gasteiger partial charge is 0.0133 e. The maximum absolute atomic E-state index is 3.37. The maximum atomic E-state index is 3.37. The van der Waals surface area contributed by atoms with Gasteiger partial charge in [0.2, 0.25) is 0 Å². The van der Waals surface area contributed by atoms with Crippen molar-refractivity contribution in [2.24, 2.45) is 0 Å². The molecular formula is C12H17N. The third kappa shape index (κ3) is 1.61. The lowest BCUT2D eigenvalue weighted by Crippen LogP contribution is -2.40. The minimum Gasteiger partial charge on any atom is -0.316 e. The van der Waals surface area contributed by atoms with E-state index < -0.39 is 0 Å². The third-order valence-electron chi connectivity index (χ3n) is 3.12. The summed E-state index contributed by atoms with van der Waals surface area (Å²) in [5.74, 6) is 0.755. The standard InChI is InChI=1S/C12H17N/c1-9-4-3-5-10(8-9)11-6-7-12(11)13-2/h3-5,8,11-13H,6-7H2,1-2H3. The highest BCUT2D eigenvalue weighted by Gasteiger charge is 2.30. The van der Waals surface area contributed by atoms with Crippen LogP contribution in [0.3, 0.4) is 0 Å². The lowest BCUT2D eigenvalue weighted by molar-refractivity contribution is 0.300. The van der Waals surface area contributed by atoms with Gasteiger partial charge in [-0.1, -0.05) is 29.8 Å². The first kappa shape index (κ1) is 8.76. The fraction of sp³-hybridized carbons (Fsp3) is 0.500. The molecule has 0 spiro atoms. The van der Waals surface area contributed by atoms with Crippen molar-refractivity contribution in [1.29, 1.82) is 0 Å². The van der Waals surface area contributed by atoms with Crippen LogP contribution in [-0.2, 0) is 0 Å². The summed E-state index contributed by atoms with van der Waals surface area (Å²) in [5, 5.41) is 3.37. The lowest BCUT2D eigenvalue weighted by Gasteiger charge is -2.37. The Labute approximate surface area is 80.2 Å². The van der Waals surface area contributed by atoms with Gasteiger partial charge >= 0.3 is 0 Å². The van der Waals surface area contributed by atoms with Crippen molar-refractivity contribution in [2.75, 3.05) is 7.05 Å². The summed E-state index contributed by atoms with van der Waals surface area (Å²) >= 11 is 0. The minimum absolute atomic E-state index is 0.710. The van der Waals surface area contributed by atoms with Crippen LogP contribution in [-0.4, -0.2) is 13.1 Å². The number of benzene rings is 1. The van der Waals surface area contributed by atoms with Crippen LogP contribution in [0.4, 0.5) is 0 Å². The zero-order chi connectivity index (χ0) is 9.26.